The number of rotatable bonds is 1. The molecule has 0 saturated heterocycles. The fourth-order valence-electron chi connectivity index (χ4n) is 1.40. The minimum absolute atomic E-state index is 0.329. The number of benzene rings is 1. The van der Waals surface area contributed by atoms with Crippen LogP contribution in [0, 0.1) is 6.92 Å². The highest BCUT2D eigenvalue weighted by molar-refractivity contribution is 6.30. The molecule has 0 bridgehead atoms. The number of H-pyrrole nitrogens is 1. The number of aromatic amines is 1. The van der Waals surface area contributed by atoms with E-state index in [9.17, 15) is 4.79 Å². The van der Waals surface area contributed by atoms with E-state index in [1.807, 2.05) is 12.1 Å². The normalized spacial score (nSPS) is 10.3. The van der Waals surface area contributed by atoms with Crippen LogP contribution in [0.4, 0.5) is 0 Å². The van der Waals surface area contributed by atoms with E-state index >= 15 is 0 Å². The molecule has 1 heterocycles. The quantitative estimate of drug-likeness (QED) is 0.802. The molecule has 0 aliphatic carbocycles. The van der Waals surface area contributed by atoms with Crippen molar-refractivity contribution in [1.29, 1.82) is 0 Å². The highest BCUT2D eigenvalue weighted by Gasteiger charge is 2.02. The SMILES string of the molecule is Cc1nc(=O)[nH]cc1-c1ccc(Cl)cc1. The number of halogens is 1. The summed E-state index contributed by atoms with van der Waals surface area (Å²) in [5, 5.41) is 0.689. The first-order valence-electron chi connectivity index (χ1n) is 4.49. The van der Waals surface area contributed by atoms with E-state index in [2.05, 4.69) is 9.97 Å². The van der Waals surface area contributed by atoms with E-state index in [0.717, 1.165) is 11.1 Å². The van der Waals surface area contributed by atoms with E-state index in [1.165, 1.54) is 0 Å². The van der Waals surface area contributed by atoms with Crippen LogP contribution in [0.15, 0.2) is 35.3 Å². The van der Waals surface area contributed by atoms with Crippen LogP contribution < -0.4 is 5.69 Å². The van der Waals surface area contributed by atoms with Crippen molar-refractivity contribution in [3.05, 3.63) is 51.7 Å². The molecule has 1 aromatic heterocycles. The highest BCUT2D eigenvalue weighted by Crippen LogP contribution is 2.21. The largest absolute Gasteiger partial charge is 0.345 e. The van der Waals surface area contributed by atoms with Crippen LogP contribution in [0.2, 0.25) is 5.02 Å². The second kappa shape index (κ2) is 3.87. The van der Waals surface area contributed by atoms with Crippen LogP contribution >= 0.6 is 11.6 Å². The standard InChI is InChI=1S/C11H9ClN2O/c1-7-10(6-13-11(15)14-7)8-2-4-9(12)5-3-8/h2-6H,1H3,(H,13,14,15). The average molecular weight is 221 g/mol. The number of hydrogen-bond acceptors (Lipinski definition) is 2. The van der Waals surface area contributed by atoms with Crippen molar-refractivity contribution in [2.45, 2.75) is 6.92 Å². The molecule has 2 aromatic rings. The van der Waals surface area contributed by atoms with Crippen LogP contribution in [0.1, 0.15) is 5.69 Å². The number of nitrogens with one attached hydrogen (secondary N) is 1. The summed E-state index contributed by atoms with van der Waals surface area (Å²) in [6.45, 7) is 1.80. The van der Waals surface area contributed by atoms with E-state index in [0.29, 0.717) is 10.7 Å². The van der Waals surface area contributed by atoms with Crippen molar-refractivity contribution < 1.29 is 0 Å². The molecule has 0 fully saturated rings. The number of aromatic nitrogens is 2. The average Bonchev–Trinajstić information content (AvgIpc) is 2.20. The molecule has 0 aliphatic rings. The molecule has 0 saturated carbocycles. The van der Waals surface area contributed by atoms with Crippen LogP contribution in [0.25, 0.3) is 11.1 Å². The zero-order valence-corrected chi connectivity index (χ0v) is 8.88. The maximum atomic E-state index is 10.9. The van der Waals surface area contributed by atoms with E-state index < -0.39 is 0 Å². The molecule has 2 rings (SSSR count). The van der Waals surface area contributed by atoms with Gasteiger partial charge in [0.05, 0.1) is 5.69 Å². The number of aryl methyl sites for hydroxylation is 1. The minimum atomic E-state index is -0.329. The second-order valence-electron chi connectivity index (χ2n) is 3.21. The van der Waals surface area contributed by atoms with Crippen LogP contribution in [-0.2, 0) is 0 Å². The van der Waals surface area contributed by atoms with Gasteiger partial charge < -0.3 is 4.98 Å². The lowest BCUT2D eigenvalue weighted by Gasteiger charge is -2.03. The molecular weight excluding hydrogens is 212 g/mol. The van der Waals surface area contributed by atoms with Crippen LogP contribution in [-0.4, -0.2) is 9.97 Å². The third-order valence-electron chi connectivity index (χ3n) is 2.15. The topological polar surface area (TPSA) is 45.8 Å². The van der Waals surface area contributed by atoms with Gasteiger partial charge in [-0.05, 0) is 24.6 Å². The van der Waals surface area contributed by atoms with Gasteiger partial charge in [-0.25, -0.2) is 4.79 Å². The fourth-order valence-corrected chi connectivity index (χ4v) is 1.53. The molecule has 0 aliphatic heterocycles. The summed E-state index contributed by atoms with van der Waals surface area (Å²) in [5.74, 6) is 0. The molecule has 0 spiro atoms. The lowest BCUT2D eigenvalue weighted by molar-refractivity contribution is 1.03. The van der Waals surface area contributed by atoms with E-state index in [1.54, 1.807) is 25.3 Å². The predicted molar refractivity (Wildman–Crippen MR) is 60.0 cm³/mol. The Morgan fingerprint density at radius 1 is 1.27 bits per heavy atom. The van der Waals surface area contributed by atoms with Crippen LogP contribution in [0.3, 0.4) is 0 Å². The summed E-state index contributed by atoms with van der Waals surface area (Å²) in [6.07, 6.45) is 1.66. The molecule has 4 heteroatoms. The number of nitrogens with zero attached hydrogens (tertiary/aromatic N) is 1. The van der Waals surface area contributed by atoms with Gasteiger partial charge in [0.2, 0.25) is 0 Å². The molecule has 0 amide bonds. The van der Waals surface area contributed by atoms with Crippen molar-refractivity contribution in [3.63, 3.8) is 0 Å². The van der Waals surface area contributed by atoms with E-state index in [4.69, 9.17) is 11.6 Å². The van der Waals surface area contributed by atoms with Gasteiger partial charge in [0.25, 0.3) is 0 Å². The van der Waals surface area contributed by atoms with Gasteiger partial charge in [-0.1, -0.05) is 23.7 Å². The first-order valence-corrected chi connectivity index (χ1v) is 4.87. The smallest absolute Gasteiger partial charge is 0.312 e. The summed E-state index contributed by atoms with van der Waals surface area (Å²) in [4.78, 5) is 17.3. The zero-order chi connectivity index (χ0) is 10.8. The van der Waals surface area contributed by atoms with Crippen molar-refractivity contribution in [3.8, 4) is 11.1 Å². The summed E-state index contributed by atoms with van der Waals surface area (Å²) in [5.41, 5.74) is 2.28. The Bertz CT molecular complexity index is 531. The molecule has 15 heavy (non-hydrogen) atoms. The van der Waals surface area contributed by atoms with Crippen molar-refractivity contribution >= 4 is 11.6 Å². The summed E-state index contributed by atoms with van der Waals surface area (Å²) >= 11 is 5.79. The Labute approximate surface area is 91.8 Å². The Morgan fingerprint density at radius 2 is 1.93 bits per heavy atom. The van der Waals surface area contributed by atoms with Gasteiger partial charge >= 0.3 is 5.69 Å². The molecule has 76 valence electrons. The third-order valence-corrected chi connectivity index (χ3v) is 2.41. The van der Waals surface area contributed by atoms with E-state index in [-0.39, 0.29) is 5.69 Å². The molecule has 0 atom stereocenters. The Hall–Kier alpha value is -1.61. The molecule has 3 nitrogen and oxygen atoms in total. The second-order valence-corrected chi connectivity index (χ2v) is 3.65. The van der Waals surface area contributed by atoms with Gasteiger partial charge in [-0.3, -0.25) is 0 Å². The lowest BCUT2D eigenvalue weighted by Crippen LogP contribution is -2.11. The van der Waals surface area contributed by atoms with Crippen molar-refractivity contribution in [2.75, 3.05) is 0 Å². The Kier molecular flexibility index (Phi) is 2.56. The van der Waals surface area contributed by atoms with Gasteiger partial charge in [0, 0.05) is 16.8 Å². The van der Waals surface area contributed by atoms with Crippen LogP contribution in [0.5, 0.6) is 0 Å². The predicted octanol–water partition coefficient (Wildman–Crippen LogP) is 2.40. The summed E-state index contributed by atoms with van der Waals surface area (Å²) in [6, 6.07) is 7.40. The van der Waals surface area contributed by atoms with Gasteiger partial charge in [-0.15, -0.1) is 0 Å². The lowest BCUT2D eigenvalue weighted by atomic mass is 10.1. The molecular formula is C11H9ClN2O. The van der Waals surface area contributed by atoms with Gasteiger partial charge in [-0.2, -0.15) is 4.98 Å². The minimum Gasteiger partial charge on any atom is -0.312 e. The molecule has 0 unspecified atom stereocenters. The summed E-state index contributed by atoms with van der Waals surface area (Å²) < 4.78 is 0. The molecule has 1 N–H and O–H groups in total. The van der Waals surface area contributed by atoms with Gasteiger partial charge in [0.1, 0.15) is 0 Å². The molecule has 0 radical (unpaired) electrons. The zero-order valence-electron chi connectivity index (χ0n) is 8.12. The van der Waals surface area contributed by atoms with Crippen molar-refractivity contribution in [2.24, 2.45) is 0 Å². The first kappa shape index (κ1) is 9.93. The molecule has 1 aromatic carbocycles. The maximum Gasteiger partial charge on any atom is 0.345 e. The maximum absolute atomic E-state index is 10.9. The first-order chi connectivity index (χ1) is 7.16. The Balaban J connectivity index is 2.54. The van der Waals surface area contributed by atoms with Crippen molar-refractivity contribution in [1.82, 2.24) is 9.97 Å². The Morgan fingerprint density at radius 3 is 2.53 bits per heavy atom. The monoisotopic (exact) mass is 220 g/mol. The highest BCUT2D eigenvalue weighted by atomic mass is 35.5. The number of hydrogen-bond donors (Lipinski definition) is 1. The third kappa shape index (κ3) is 2.07. The fraction of sp³-hybridized carbons (Fsp3) is 0.0909. The van der Waals surface area contributed by atoms with Gasteiger partial charge in [0.15, 0.2) is 0 Å². The summed E-state index contributed by atoms with van der Waals surface area (Å²) in [7, 11) is 0.